The van der Waals surface area contributed by atoms with E-state index in [0.717, 1.165) is 94.7 Å². The molecular weight excluding hydrogens is 751 g/mol. The van der Waals surface area contributed by atoms with Gasteiger partial charge in [-0.2, -0.15) is 0 Å². The predicted octanol–water partition coefficient (Wildman–Crippen LogP) is 15.9. The number of hydrogen-bond donors (Lipinski definition) is 0. The van der Waals surface area contributed by atoms with E-state index in [1.165, 1.54) is 0 Å². The molecular formula is C55H35N3O3. The SMILES string of the molecule is c1ccc(-c2ccc(N(c3cc(N(c4ccccc4)c4cccc5oc6ccccc6c45)cc4oc(-c5ccccc5)nc34)c3cccc4c3oc3ccccc34)cc2)cc1. The Balaban J connectivity index is 1.17. The van der Waals surface area contributed by atoms with Crippen molar-refractivity contribution >= 4 is 89.1 Å². The summed E-state index contributed by atoms with van der Waals surface area (Å²) in [5.41, 5.74) is 13.2. The molecule has 0 saturated carbocycles. The number of para-hydroxylation sites is 4. The van der Waals surface area contributed by atoms with Gasteiger partial charge in [0.1, 0.15) is 22.3 Å². The molecule has 0 saturated heterocycles. The van der Waals surface area contributed by atoms with Crippen molar-refractivity contribution in [3.05, 3.63) is 212 Å². The third kappa shape index (κ3) is 5.84. The van der Waals surface area contributed by atoms with Crippen molar-refractivity contribution in [2.75, 3.05) is 9.80 Å². The number of rotatable bonds is 8. The quantitative estimate of drug-likeness (QED) is 0.153. The summed E-state index contributed by atoms with van der Waals surface area (Å²) in [6.07, 6.45) is 0. The number of benzene rings is 9. The number of aromatic nitrogens is 1. The Morgan fingerprint density at radius 3 is 1.67 bits per heavy atom. The monoisotopic (exact) mass is 785 g/mol. The van der Waals surface area contributed by atoms with Gasteiger partial charge in [0.05, 0.1) is 28.1 Å². The lowest BCUT2D eigenvalue weighted by Crippen LogP contribution is -2.14. The first-order valence-electron chi connectivity index (χ1n) is 20.4. The molecule has 0 N–H and O–H groups in total. The average molecular weight is 786 g/mol. The maximum absolute atomic E-state index is 6.83. The third-order valence-corrected chi connectivity index (χ3v) is 11.5. The Kier molecular flexibility index (Phi) is 8.06. The highest BCUT2D eigenvalue weighted by Gasteiger charge is 2.27. The van der Waals surface area contributed by atoms with Gasteiger partial charge >= 0.3 is 0 Å². The van der Waals surface area contributed by atoms with Gasteiger partial charge in [0.15, 0.2) is 11.2 Å². The summed E-state index contributed by atoms with van der Waals surface area (Å²) < 4.78 is 20.1. The van der Waals surface area contributed by atoms with Crippen LogP contribution in [0.5, 0.6) is 0 Å². The van der Waals surface area contributed by atoms with Gasteiger partial charge in [0.25, 0.3) is 0 Å². The highest BCUT2D eigenvalue weighted by Crippen LogP contribution is 2.49. The van der Waals surface area contributed by atoms with Crippen molar-refractivity contribution < 1.29 is 13.3 Å². The van der Waals surface area contributed by atoms with Gasteiger partial charge in [-0.3, -0.25) is 0 Å². The second-order valence-electron chi connectivity index (χ2n) is 15.1. The molecule has 0 radical (unpaired) electrons. The minimum absolute atomic E-state index is 0.532. The molecule has 61 heavy (non-hydrogen) atoms. The first kappa shape index (κ1) is 34.7. The second kappa shape index (κ2) is 14.2. The topological polar surface area (TPSA) is 58.8 Å². The van der Waals surface area contributed by atoms with Crippen LogP contribution >= 0.6 is 0 Å². The van der Waals surface area contributed by atoms with E-state index in [2.05, 4.69) is 149 Å². The van der Waals surface area contributed by atoms with Crippen LogP contribution in [-0.4, -0.2) is 4.98 Å². The van der Waals surface area contributed by atoms with Gasteiger partial charge in [-0.25, -0.2) is 4.98 Å². The highest BCUT2D eigenvalue weighted by molar-refractivity contribution is 6.15. The number of hydrogen-bond acceptors (Lipinski definition) is 6. The number of oxazole rings is 1. The van der Waals surface area contributed by atoms with E-state index < -0.39 is 0 Å². The van der Waals surface area contributed by atoms with Crippen LogP contribution in [0.4, 0.5) is 34.1 Å². The third-order valence-electron chi connectivity index (χ3n) is 11.5. The van der Waals surface area contributed by atoms with Crippen LogP contribution in [0.2, 0.25) is 0 Å². The van der Waals surface area contributed by atoms with Crippen LogP contribution in [0.25, 0.3) is 77.6 Å². The molecule has 6 nitrogen and oxygen atoms in total. The molecule has 0 bridgehead atoms. The van der Waals surface area contributed by atoms with Crippen LogP contribution < -0.4 is 9.80 Å². The normalized spacial score (nSPS) is 11.6. The molecule has 12 aromatic rings. The van der Waals surface area contributed by atoms with Gasteiger partial charge in [0, 0.05) is 39.2 Å². The molecule has 0 fully saturated rings. The summed E-state index contributed by atoms with van der Waals surface area (Å²) in [5, 5.41) is 4.15. The van der Waals surface area contributed by atoms with Gasteiger partial charge in [-0.05, 0) is 83.9 Å². The van der Waals surface area contributed by atoms with Crippen LogP contribution in [-0.2, 0) is 0 Å². The lowest BCUT2D eigenvalue weighted by Gasteiger charge is -2.30. The van der Waals surface area contributed by atoms with E-state index >= 15 is 0 Å². The van der Waals surface area contributed by atoms with Crippen LogP contribution in [0, 0.1) is 0 Å². The zero-order chi connectivity index (χ0) is 40.3. The second-order valence-corrected chi connectivity index (χ2v) is 15.1. The fourth-order valence-electron chi connectivity index (χ4n) is 8.70. The number of fused-ring (bicyclic) bond motifs is 7. The summed E-state index contributed by atoms with van der Waals surface area (Å²) in [5.74, 6) is 0.532. The Labute approximate surface area is 350 Å². The van der Waals surface area contributed by atoms with Crippen LogP contribution in [0.3, 0.4) is 0 Å². The van der Waals surface area contributed by atoms with E-state index in [4.69, 9.17) is 18.2 Å². The lowest BCUT2D eigenvalue weighted by molar-refractivity contribution is 0.620. The van der Waals surface area contributed by atoms with Gasteiger partial charge < -0.3 is 23.1 Å². The van der Waals surface area contributed by atoms with Crippen molar-refractivity contribution in [3.63, 3.8) is 0 Å². The van der Waals surface area contributed by atoms with Gasteiger partial charge in [0.2, 0.25) is 5.89 Å². The summed E-state index contributed by atoms with van der Waals surface area (Å²) in [6, 6.07) is 73.0. The van der Waals surface area contributed by atoms with E-state index in [-0.39, 0.29) is 0 Å². The molecule has 288 valence electrons. The lowest BCUT2D eigenvalue weighted by atomic mass is 10.0. The molecule has 12 rings (SSSR count). The minimum atomic E-state index is 0.532. The van der Waals surface area contributed by atoms with Gasteiger partial charge in [-0.15, -0.1) is 0 Å². The van der Waals surface area contributed by atoms with Crippen molar-refractivity contribution in [3.8, 4) is 22.6 Å². The Hall–Kier alpha value is -8.35. The maximum Gasteiger partial charge on any atom is 0.227 e. The summed E-state index contributed by atoms with van der Waals surface area (Å²) in [7, 11) is 0. The molecule has 0 aliphatic carbocycles. The van der Waals surface area contributed by atoms with Gasteiger partial charge in [-0.1, -0.05) is 133 Å². The Morgan fingerprint density at radius 2 is 0.902 bits per heavy atom. The standard InChI is InChI=1S/C55H35N3O3/c1-4-16-36(17-5-1)37-30-32-40(33-31-37)58(46-26-14-24-43-42-22-10-12-27-48(42)60-54(43)46)47-34-41(35-51-53(47)56-55(61-51)38-18-6-2-7-19-38)57(39-20-8-3-9-21-39)45-25-15-29-50-52(45)44-23-11-13-28-49(44)59-50/h1-35H. The first-order valence-corrected chi connectivity index (χ1v) is 20.4. The molecule has 0 atom stereocenters. The molecule has 3 heterocycles. The van der Waals surface area contributed by atoms with Crippen molar-refractivity contribution in [1.29, 1.82) is 0 Å². The molecule has 9 aromatic carbocycles. The largest absolute Gasteiger partial charge is 0.456 e. The molecule has 0 spiro atoms. The molecule has 0 unspecified atom stereocenters. The summed E-state index contributed by atoms with van der Waals surface area (Å²) >= 11 is 0. The van der Waals surface area contributed by atoms with Crippen molar-refractivity contribution in [2.45, 2.75) is 0 Å². The first-order chi connectivity index (χ1) is 30.2. The van der Waals surface area contributed by atoms with E-state index in [0.29, 0.717) is 17.0 Å². The molecule has 3 aromatic heterocycles. The predicted molar refractivity (Wildman–Crippen MR) is 249 cm³/mol. The smallest absolute Gasteiger partial charge is 0.227 e. The zero-order valence-electron chi connectivity index (χ0n) is 32.8. The average Bonchev–Trinajstić information content (AvgIpc) is 4.05. The summed E-state index contributed by atoms with van der Waals surface area (Å²) in [6.45, 7) is 0. The number of anilines is 6. The van der Waals surface area contributed by atoms with Crippen molar-refractivity contribution in [1.82, 2.24) is 4.98 Å². The van der Waals surface area contributed by atoms with E-state index in [1.807, 2.05) is 72.8 Å². The molecule has 6 heteroatoms. The van der Waals surface area contributed by atoms with Crippen LogP contribution in [0.1, 0.15) is 0 Å². The Morgan fingerprint density at radius 1 is 0.328 bits per heavy atom. The summed E-state index contributed by atoms with van der Waals surface area (Å²) in [4.78, 5) is 9.85. The van der Waals surface area contributed by atoms with E-state index in [9.17, 15) is 0 Å². The zero-order valence-corrected chi connectivity index (χ0v) is 32.8. The van der Waals surface area contributed by atoms with Crippen molar-refractivity contribution in [2.24, 2.45) is 0 Å². The molecule has 0 amide bonds. The molecule has 0 aliphatic heterocycles. The Bertz CT molecular complexity index is 3540. The van der Waals surface area contributed by atoms with E-state index in [1.54, 1.807) is 0 Å². The minimum Gasteiger partial charge on any atom is -0.456 e. The number of nitrogens with zero attached hydrogens (tertiary/aromatic N) is 3. The fraction of sp³-hybridized carbons (Fsp3) is 0. The maximum atomic E-state index is 6.83. The van der Waals surface area contributed by atoms with Crippen LogP contribution in [0.15, 0.2) is 226 Å². The number of furan rings is 2. The highest BCUT2D eigenvalue weighted by atomic mass is 16.3. The fourth-order valence-corrected chi connectivity index (χ4v) is 8.70. The molecule has 0 aliphatic rings.